The van der Waals surface area contributed by atoms with Crippen molar-refractivity contribution in [2.24, 2.45) is 7.05 Å². The SMILES string of the molecule is CCN(CC)c1nc(NCCN(C(C)C)C(C)C)nc(Nc2ccnn2C)n1. The van der Waals surface area contributed by atoms with Crippen molar-refractivity contribution in [2.45, 2.75) is 53.6 Å². The molecule has 2 rings (SSSR count). The summed E-state index contributed by atoms with van der Waals surface area (Å²) in [5, 5.41) is 10.8. The maximum Gasteiger partial charge on any atom is 0.234 e. The van der Waals surface area contributed by atoms with Gasteiger partial charge < -0.3 is 15.5 Å². The van der Waals surface area contributed by atoms with Gasteiger partial charge in [-0.1, -0.05) is 0 Å². The number of nitrogens with one attached hydrogen (secondary N) is 2. The predicted octanol–water partition coefficient (Wildman–Crippen LogP) is 2.73. The van der Waals surface area contributed by atoms with Crippen LogP contribution < -0.4 is 15.5 Å². The van der Waals surface area contributed by atoms with Crippen molar-refractivity contribution in [1.82, 2.24) is 29.6 Å². The quantitative estimate of drug-likeness (QED) is 0.607. The molecular weight excluding hydrogens is 354 g/mol. The fourth-order valence-corrected chi connectivity index (χ4v) is 3.17. The number of rotatable bonds is 11. The Balaban J connectivity index is 2.18. The fourth-order valence-electron chi connectivity index (χ4n) is 3.17. The van der Waals surface area contributed by atoms with Gasteiger partial charge in [0.2, 0.25) is 17.8 Å². The molecule has 0 saturated carbocycles. The lowest BCUT2D eigenvalue weighted by atomic mass is 10.2. The van der Waals surface area contributed by atoms with Crippen LogP contribution in [0.2, 0.25) is 0 Å². The van der Waals surface area contributed by atoms with Gasteiger partial charge in [0, 0.05) is 51.4 Å². The Bertz CT molecular complexity index is 714. The Kier molecular flexibility index (Phi) is 7.98. The molecule has 0 spiro atoms. The van der Waals surface area contributed by atoms with Crippen molar-refractivity contribution < 1.29 is 0 Å². The van der Waals surface area contributed by atoms with Gasteiger partial charge in [0.1, 0.15) is 5.82 Å². The third-order valence-electron chi connectivity index (χ3n) is 4.71. The second-order valence-electron chi connectivity index (χ2n) is 7.27. The molecule has 0 atom stereocenters. The Hall–Kier alpha value is -2.42. The molecule has 0 aliphatic carbocycles. The number of aryl methyl sites for hydroxylation is 1. The lowest BCUT2D eigenvalue weighted by Crippen LogP contribution is -2.40. The minimum absolute atomic E-state index is 0.494. The summed E-state index contributed by atoms with van der Waals surface area (Å²) < 4.78 is 1.75. The van der Waals surface area contributed by atoms with Crippen LogP contribution in [0.5, 0.6) is 0 Å². The molecule has 2 N–H and O–H groups in total. The van der Waals surface area contributed by atoms with Crippen molar-refractivity contribution >= 4 is 23.7 Å². The molecule has 9 heteroatoms. The Labute approximate surface area is 168 Å². The van der Waals surface area contributed by atoms with E-state index in [0.29, 0.717) is 29.9 Å². The van der Waals surface area contributed by atoms with Gasteiger partial charge in [-0.15, -0.1) is 0 Å². The molecule has 0 aliphatic heterocycles. The van der Waals surface area contributed by atoms with Crippen LogP contribution in [0, 0.1) is 0 Å². The zero-order valence-electron chi connectivity index (χ0n) is 18.3. The Morgan fingerprint density at radius 3 is 2.18 bits per heavy atom. The van der Waals surface area contributed by atoms with Crippen LogP contribution in [0.25, 0.3) is 0 Å². The van der Waals surface area contributed by atoms with Crippen molar-refractivity contribution in [1.29, 1.82) is 0 Å². The average molecular weight is 390 g/mol. The maximum atomic E-state index is 4.63. The van der Waals surface area contributed by atoms with E-state index in [1.807, 2.05) is 13.1 Å². The largest absolute Gasteiger partial charge is 0.353 e. The third-order valence-corrected chi connectivity index (χ3v) is 4.71. The van der Waals surface area contributed by atoms with E-state index in [1.165, 1.54) is 0 Å². The van der Waals surface area contributed by atoms with E-state index in [0.717, 1.165) is 32.0 Å². The van der Waals surface area contributed by atoms with Crippen molar-refractivity contribution in [3.8, 4) is 0 Å². The first-order chi connectivity index (χ1) is 13.3. The van der Waals surface area contributed by atoms with Crippen LogP contribution in [0.15, 0.2) is 12.3 Å². The highest BCUT2D eigenvalue weighted by Gasteiger charge is 2.15. The van der Waals surface area contributed by atoms with Gasteiger partial charge in [0.05, 0.1) is 6.20 Å². The van der Waals surface area contributed by atoms with E-state index < -0.39 is 0 Å². The van der Waals surface area contributed by atoms with Gasteiger partial charge in [-0.25, -0.2) is 0 Å². The summed E-state index contributed by atoms with van der Waals surface area (Å²) in [5.74, 6) is 2.58. The molecule has 0 unspecified atom stereocenters. The average Bonchev–Trinajstić information content (AvgIpc) is 3.03. The molecule has 2 heterocycles. The first-order valence-corrected chi connectivity index (χ1v) is 10.1. The van der Waals surface area contributed by atoms with Crippen LogP contribution in [0.3, 0.4) is 0 Å². The molecule has 0 saturated heterocycles. The molecule has 0 aliphatic rings. The Morgan fingerprint density at radius 2 is 1.64 bits per heavy atom. The van der Waals surface area contributed by atoms with Gasteiger partial charge >= 0.3 is 0 Å². The number of aromatic nitrogens is 5. The van der Waals surface area contributed by atoms with Gasteiger partial charge in [-0.3, -0.25) is 9.58 Å². The Morgan fingerprint density at radius 1 is 1.00 bits per heavy atom. The van der Waals surface area contributed by atoms with Crippen molar-refractivity contribution in [3.63, 3.8) is 0 Å². The molecule has 0 amide bonds. The number of nitrogens with zero attached hydrogens (tertiary/aromatic N) is 7. The monoisotopic (exact) mass is 389 g/mol. The second kappa shape index (κ2) is 10.2. The van der Waals surface area contributed by atoms with Crippen molar-refractivity contribution in [3.05, 3.63) is 12.3 Å². The van der Waals surface area contributed by atoms with E-state index in [2.05, 4.69) is 82.0 Å². The van der Waals surface area contributed by atoms with Crippen molar-refractivity contribution in [2.75, 3.05) is 41.7 Å². The third kappa shape index (κ3) is 5.79. The molecule has 0 fully saturated rings. The van der Waals surface area contributed by atoms with Crippen LogP contribution >= 0.6 is 0 Å². The van der Waals surface area contributed by atoms with E-state index in [1.54, 1.807) is 10.9 Å². The highest BCUT2D eigenvalue weighted by molar-refractivity contribution is 5.52. The maximum absolute atomic E-state index is 4.63. The summed E-state index contributed by atoms with van der Waals surface area (Å²) in [6, 6.07) is 2.87. The number of hydrogen-bond acceptors (Lipinski definition) is 8. The minimum atomic E-state index is 0.494. The number of hydrogen-bond donors (Lipinski definition) is 2. The lowest BCUT2D eigenvalue weighted by molar-refractivity contribution is 0.182. The topological polar surface area (TPSA) is 87.0 Å². The molecule has 0 bridgehead atoms. The number of anilines is 4. The summed E-state index contributed by atoms with van der Waals surface area (Å²) in [7, 11) is 1.88. The van der Waals surface area contributed by atoms with Crippen LogP contribution in [-0.2, 0) is 7.05 Å². The van der Waals surface area contributed by atoms with Gasteiger partial charge in [-0.05, 0) is 41.5 Å². The van der Waals surface area contributed by atoms with Gasteiger partial charge in [0.25, 0.3) is 0 Å². The smallest absolute Gasteiger partial charge is 0.234 e. The zero-order chi connectivity index (χ0) is 20.7. The highest BCUT2D eigenvalue weighted by Crippen LogP contribution is 2.17. The van der Waals surface area contributed by atoms with Gasteiger partial charge in [0.15, 0.2) is 0 Å². The van der Waals surface area contributed by atoms with Crippen LogP contribution in [0.4, 0.5) is 23.7 Å². The van der Waals surface area contributed by atoms with Crippen LogP contribution in [0.1, 0.15) is 41.5 Å². The van der Waals surface area contributed by atoms with E-state index in [-0.39, 0.29) is 0 Å². The molecule has 9 nitrogen and oxygen atoms in total. The minimum Gasteiger partial charge on any atom is -0.353 e. The predicted molar refractivity (Wildman–Crippen MR) is 115 cm³/mol. The van der Waals surface area contributed by atoms with Gasteiger partial charge in [-0.2, -0.15) is 20.1 Å². The molecule has 156 valence electrons. The van der Waals surface area contributed by atoms with E-state index in [4.69, 9.17) is 0 Å². The molecule has 0 radical (unpaired) electrons. The molecule has 2 aromatic heterocycles. The second-order valence-corrected chi connectivity index (χ2v) is 7.27. The van der Waals surface area contributed by atoms with Crippen LogP contribution in [-0.4, -0.2) is 67.9 Å². The summed E-state index contributed by atoms with van der Waals surface area (Å²) in [4.78, 5) is 18.3. The molecule has 2 aromatic rings. The summed E-state index contributed by atoms with van der Waals surface area (Å²) in [5.41, 5.74) is 0. The standard InChI is InChI=1S/C19H35N9/c1-8-27(9-2)19-24-17(20-12-13-28(14(3)4)15(5)6)23-18(25-19)22-16-10-11-21-26(16)7/h10-11,14-15H,8-9,12-13H2,1-7H3,(H2,20,22,23,24,25). The van der Waals surface area contributed by atoms with E-state index in [9.17, 15) is 0 Å². The molecular formula is C19H35N9. The first-order valence-electron chi connectivity index (χ1n) is 10.1. The molecule has 28 heavy (non-hydrogen) atoms. The fraction of sp³-hybridized carbons (Fsp3) is 0.684. The summed E-state index contributed by atoms with van der Waals surface area (Å²) >= 11 is 0. The zero-order valence-corrected chi connectivity index (χ0v) is 18.3. The van der Waals surface area contributed by atoms with E-state index >= 15 is 0 Å². The lowest BCUT2D eigenvalue weighted by Gasteiger charge is -2.30. The molecule has 0 aromatic carbocycles. The first kappa shape index (κ1) is 21.9. The summed E-state index contributed by atoms with van der Waals surface area (Å²) in [6.07, 6.45) is 1.74. The highest BCUT2D eigenvalue weighted by atomic mass is 15.4. The summed E-state index contributed by atoms with van der Waals surface area (Å²) in [6.45, 7) is 16.4. The normalized spacial score (nSPS) is 11.5.